The summed E-state index contributed by atoms with van der Waals surface area (Å²) in [6.45, 7) is 1.54. The highest BCUT2D eigenvalue weighted by molar-refractivity contribution is 5.85. The average molecular weight is 260 g/mol. The summed E-state index contributed by atoms with van der Waals surface area (Å²) in [5, 5.41) is 12.2. The lowest BCUT2D eigenvalue weighted by atomic mass is 9.97. The van der Waals surface area contributed by atoms with E-state index in [1.165, 1.54) is 31.7 Å². The predicted octanol–water partition coefficient (Wildman–Crippen LogP) is 2.76. The Bertz CT molecular complexity index is 469. The van der Waals surface area contributed by atoms with Crippen LogP contribution in [0.2, 0.25) is 0 Å². The number of aromatic nitrogens is 1. The normalized spacial score (nSPS) is 15.1. The van der Waals surface area contributed by atoms with Crippen LogP contribution in [0.3, 0.4) is 0 Å². The van der Waals surface area contributed by atoms with E-state index in [1.54, 1.807) is 11.6 Å². The van der Waals surface area contributed by atoms with Crippen LogP contribution >= 0.6 is 0 Å². The topological polar surface area (TPSA) is 62.2 Å². The number of carbonyl (C=O) groups is 1. The summed E-state index contributed by atoms with van der Waals surface area (Å²) in [5.41, 5.74) is 2.43. The van der Waals surface area contributed by atoms with Crippen LogP contribution in [0.25, 0.3) is 0 Å². The summed E-state index contributed by atoms with van der Waals surface area (Å²) >= 11 is 0. The van der Waals surface area contributed by atoms with Crippen molar-refractivity contribution in [2.75, 3.05) is 6.54 Å². The summed E-state index contributed by atoms with van der Waals surface area (Å²) in [5.74, 6) is -0.978. The summed E-state index contributed by atoms with van der Waals surface area (Å²) in [7, 11) is 0. The van der Waals surface area contributed by atoms with Gasteiger partial charge in [-0.05, 0) is 50.8 Å². The molecule has 0 saturated carbocycles. The van der Waals surface area contributed by atoms with Crippen molar-refractivity contribution in [2.45, 2.75) is 38.6 Å². The van der Waals surface area contributed by atoms with E-state index in [1.807, 2.05) is 6.07 Å². The molecule has 1 aromatic heterocycles. The maximum atomic E-state index is 10.8. The first-order valence-electron chi connectivity index (χ1n) is 6.83. The first-order valence-corrected chi connectivity index (χ1v) is 6.83. The summed E-state index contributed by atoms with van der Waals surface area (Å²) in [6.07, 6.45) is 8.52. The fourth-order valence-electron chi connectivity index (χ4n) is 2.29. The molecule has 0 radical (unpaired) electrons. The molecule has 1 aliphatic carbocycles. The number of nitrogens with one attached hydrogen (secondary N) is 1. The number of allylic oxidation sites excluding steroid dienone is 1. The number of nitrogens with zero attached hydrogens (tertiary/aromatic N) is 1. The van der Waals surface area contributed by atoms with Gasteiger partial charge in [0.25, 0.3) is 0 Å². The van der Waals surface area contributed by atoms with Crippen LogP contribution in [-0.2, 0) is 6.54 Å². The maximum Gasteiger partial charge on any atom is 0.354 e. The van der Waals surface area contributed by atoms with Crippen molar-refractivity contribution in [1.29, 1.82) is 0 Å². The highest BCUT2D eigenvalue weighted by Crippen LogP contribution is 2.19. The Kier molecular flexibility index (Phi) is 5.10. The highest BCUT2D eigenvalue weighted by atomic mass is 16.4. The molecule has 0 aliphatic heterocycles. The monoisotopic (exact) mass is 260 g/mol. The smallest absolute Gasteiger partial charge is 0.354 e. The molecule has 0 amide bonds. The Morgan fingerprint density at radius 3 is 3.00 bits per heavy atom. The SMILES string of the molecule is O=C(O)c1cccc(CNCCC2=CCCCC2)n1. The van der Waals surface area contributed by atoms with Crippen molar-refractivity contribution in [3.05, 3.63) is 41.2 Å². The van der Waals surface area contributed by atoms with Crippen LogP contribution in [-0.4, -0.2) is 22.6 Å². The van der Waals surface area contributed by atoms with Crippen molar-refractivity contribution < 1.29 is 9.90 Å². The van der Waals surface area contributed by atoms with Gasteiger partial charge in [-0.1, -0.05) is 17.7 Å². The molecule has 0 spiro atoms. The number of carboxylic acid groups (broad SMARTS) is 1. The Hall–Kier alpha value is -1.68. The van der Waals surface area contributed by atoms with Crippen LogP contribution in [0.4, 0.5) is 0 Å². The fourth-order valence-corrected chi connectivity index (χ4v) is 2.29. The van der Waals surface area contributed by atoms with Gasteiger partial charge in [-0.2, -0.15) is 0 Å². The number of hydrogen-bond acceptors (Lipinski definition) is 3. The van der Waals surface area contributed by atoms with Gasteiger partial charge in [0.2, 0.25) is 0 Å². The van der Waals surface area contributed by atoms with Crippen LogP contribution in [0.15, 0.2) is 29.8 Å². The molecule has 4 nitrogen and oxygen atoms in total. The summed E-state index contributed by atoms with van der Waals surface area (Å²) in [4.78, 5) is 14.9. The largest absolute Gasteiger partial charge is 0.477 e. The molecule has 0 unspecified atom stereocenters. The van der Waals surface area contributed by atoms with E-state index in [0.717, 1.165) is 18.7 Å². The number of pyridine rings is 1. The molecule has 102 valence electrons. The molecular weight excluding hydrogens is 240 g/mol. The summed E-state index contributed by atoms with van der Waals surface area (Å²) in [6, 6.07) is 5.09. The second-order valence-electron chi connectivity index (χ2n) is 4.85. The van der Waals surface area contributed by atoms with Crippen LogP contribution in [0.1, 0.15) is 48.3 Å². The first-order chi connectivity index (χ1) is 9.25. The molecule has 0 atom stereocenters. The van der Waals surface area contributed by atoms with Crippen molar-refractivity contribution in [3.8, 4) is 0 Å². The van der Waals surface area contributed by atoms with Gasteiger partial charge in [-0.15, -0.1) is 0 Å². The lowest BCUT2D eigenvalue weighted by Gasteiger charge is -2.12. The van der Waals surface area contributed by atoms with Gasteiger partial charge < -0.3 is 10.4 Å². The third-order valence-corrected chi connectivity index (χ3v) is 3.34. The zero-order chi connectivity index (χ0) is 13.5. The molecule has 1 heterocycles. The third kappa shape index (κ3) is 4.48. The fraction of sp³-hybridized carbons (Fsp3) is 0.467. The van der Waals surface area contributed by atoms with Crippen molar-refractivity contribution in [3.63, 3.8) is 0 Å². The second kappa shape index (κ2) is 7.04. The molecule has 0 saturated heterocycles. The molecular formula is C15H20N2O2. The minimum Gasteiger partial charge on any atom is -0.477 e. The average Bonchev–Trinajstić information content (AvgIpc) is 2.45. The third-order valence-electron chi connectivity index (χ3n) is 3.34. The van der Waals surface area contributed by atoms with Crippen LogP contribution in [0, 0.1) is 0 Å². The molecule has 2 N–H and O–H groups in total. The number of aromatic carboxylic acids is 1. The van der Waals surface area contributed by atoms with Gasteiger partial charge in [-0.25, -0.2) is 9.78 Å². The first kappa shape index (κ1) is 13.7. The maximum absolute atomic E-state index is 10.8. The Morgan fingerprint density at radius 2 is 2.26 bits per heavy atom. The van der Waals surface area contributed by atoms with Crippen molar-refractivity contribution >= 4 is 5.97 Å². The van der Waals surface area contributed by atoms with Gasteiger partial charge >= 0.3 is 5.97 Å². The van der Waals surface area contributed by atoms with E-state index in [2.05, 4.69) is 16.4 Å². The standard InChI is InChI=1S/C15H20N2O2/c18-15(19)14-8-4-7-13(17-14)11-16-10-9-12-5-2-1-3-6-12/h4-5,7-8,16H,1-3,6,9-11H2,(H,18,19). The molecule has 0 aromatic carbocycles. The minimum absolute atomic E-state index is 0.106. The molecule has 19 heavy (non-hydrogen) atoms. The Labute approximate surface area is 113 Å². The van der Waals surface area contributed by atoms with E-state index in [4.69, 9.17) is 5.11 Å². The number of rotatable bonds is 6. The zero-order valence-electron chi connectivity index (χ0n) is 11.1. The van der Waals surface area contributed by atoms with E-state index in [0.29, 0.717) is 6.54 Å². The van der Waals surface area contributed by atoms with Gasteiger partial charge in [0.1, 0.15) is 5.69 Å². The molecule has 0 fully saturated rings. The molecule has 1 aliphatic rings. The van der Waals surface area contributed by atoms with E-state index >= 15 is 0 Å². The van der Waals surface area contributed by atoms with Crippen molar-refractivity contribution in [2.24, 2.45) is 0 Å². The van der Waals surface area contributed by atoms with Gasteiger partial charge in [0.05, 0.1) is 5.69 Å². The lowest BCUT2D eigenvalue weighted by molar-refractivity contribution is 0.0690. The van der Waals surface area contributed by atoms with E-state index < -0.39 is 5.97 Å². The van der Waals surface area contributed by atoms with E-state index in [-0.39, 0.29) is 5.69 Å². The number of carboxylic acids is 1. The quantitative estimate of drug-likeness (QED) is 0.610. The van der Waals surface area contributed by atoms with Gasteiger partial charge in [0, 0.05) is 6.54 Å². The van der Waals surface area contributed by atoms with Gasteiger partial charge in [-0.3, -0.25) is 0 Å². The molecule has 1 aromatic rings. The molecule has 2 rings (SSSR count). The lowest BCUT2D eigenvalue weighted by Crippen LogP contribution is -2.17. The molecule has 0 bridgehead atoms. The van der Waals surface area contributed by atoms with E-state index in [9.17, 15) is 4.79 Å². The second-order valence-corrected chi connectivity index (χ2v) is 4.85. The minimum atomic E-state index is -0.978. The zero-order valence-corrected chi connectivity index (χ0v) is 11.1. The van der Waals surface area contributed by atoms with Crippen LogP contribution < -0.4 is 5.32 Å². The summed E-state index contributed by atoms with van der Waals surface area (Å²) < 4.78 is 0. The Morgan fingerprint density at radius 1 is 1.37 bits per heavy atom. The number of hydrogen-bond donors (Lipinski definition) is 2. The van der Waals surface area contributed by atoms with Gasteiger partial charge in [0.15, 0.2) is 0 Å². The van der Waals surface area contributed by atoms with Crippen molar-refractivity contribution in [1.82, 2.24) is 10.3 Å². The molecule has 4 heteroatoms. The highest BCUT2D eigenvalue weighted by Gasteiger charge is 2.05. The predicted molar refractivity (Wildman–Crippen MR) is 74.1 cm³/mol. The van der Waals surface area contributed by atoms with Crippen LogP contribution in [0.5, 0.6) is 0 Å². The Balaban J connectivity index is 1.74.